The quantitative estimate of drug-likeness (QED) is 0.818. The predicted molar refractivity (Wildman–Crippen MR) is 63.1 cm³/mol. The van der Waals surface area contributed by atoms with Crippen molar-refractivity contribution in [3.05, 3.63) is 28.2 Å². The summed E-state index contributed by atoms with van der Waals surface area (Å²) in [4.78, 5) is 10.9. The standard InChI is InChI=1S/C11H13BrO4/c1-2-15-5-6-16-10-4-3-8(12)7-9(10)11(13)14/h3-4,7H,2,5-6H2,1H3,(H,13,14). The molecule has 0 aliphatic heterocycles. The zero-order valence-corrected chi connectivity index (χ0v) is 10.5. The zero-order valence-electron chi connectivity index (χ0n) is 8.90. The van der Waals surface area contributed by atoms with E-state index in [0.29, 0.717) is 30.0 Å². The molecule has 0 fully saturated rings. The average molecular weight is 289 g/mol. The number of aromatic carboxylic acids is 1. The second-order valence-electron chi connectivity index (χ2n) is 2.99. The number of hydrogen-bond donors (Lipinski definition) is 1. The lowest BCUT2D eigenvalue weighted by molar-refractivity contribution is 0.0687. The Morgan fingerprint density at radius 3 is 2.81 bits per heavy atom. The van der Waals surface area contributed by atoms with E-state index in [-0.39, 0.29) is 5.56 Å². The summed E-state index contributed by atoms with van der Waals surface area (Å²) in [5, 5.41) is 8.96. The van der Waals surface area contributed by atoms with Gasteiger partial charge in [-0.05, 0) is 25.1 Å². The maximum Gasteiger partial charge on any atom is 0.339 e. The first-order valence-electron chi connectivity index (χ1n) is 4.88. The van der Waals surface area contributed by atoms with Gasteiger partial charge in [0.05, 0.1) is 6.61 Å². The molecule has 1 aromatic carbocycles. The van der Waals surface area contributed by atoms with Gasteiger partial charge >= 0.3 is 5.97 Å². The molecule has 16 heavy (non-hydrogen) atoms. The first-order valence-corrected chi connectivity index (χ1v) is 5.68. The lowest BCUT2D eigenvalue weighted by Crippen LogP contribution is -2.09. The van der Waals surface area contributed by atoms with Crippen molar-refractivity contribution in [3.8, 4) is 5.75 Å². The number of carboxylic acids is 1. The largest absolute Gasteiger partial charge is 0.490 e. The van der Waals surface area contributed by atoms with E-state index < -0.39 is 5.97 Å². The van der Waals surface area contributed by atoms with E-state index in [1.165, 1.54) is 6.07 Å². The molecule has 0 bridgehead atoms. The summed E-state index contributed by atoms with van der Waals surface area (Å²) in [5.41, 5.74) is 0.144. The third-order valence-electron chi connectivity index (χ3n) is 1.86. The van der Waals surface area contributed by atoms with E-state index in [9.17, 15) is 4.79 Å². The SMILES string of the molecule is CCOCCOc1ccc(Br)cc1C(=O)O. The summed E-state index contributed by atoms with van der Waals surface area (Å²) >= 11 is 3.21. The van der Waals surface area contributed by atoms with Gasteiger partial charge < -0.3 is 14.6 Å². The Hall–Kier alpha value is -1.07. The van der Waals surface area contributed by atoms with Crippen molar-refractivity contribution in [3.63, 3.8) is 0 Å². The molecule has 0 unspecified atom stereocenters. The first-order chi connectivity index (χ1) is 7.65. The summed E-state index contributed by atoms with van der Waals surface area (Å²) in [5.74, 6) is -0.650. The van der Waals surface area contributed by atoms with Crippen LogP contribution in [0.1, 0.15) is 17.3 Å². The minimum absolute atomic E-state index is 0.144. The molecule has 88 valence electrons. The second-order valence-corrected chi connectivity index (χ2v) is 3.91. The predicted octanol–water partition coefficient (Wildman–Crippen LogP) is 2.56. The molecule has 1 aromatic rings. The highest BCUT2D eigenvalue weighted by Gasteiger charge is 2.11. The number of ether oxygens (including phenoxy) is 2. The number of carbonyl (C=O) groups is 1. The van der Waals surface area contributed by atoms with E-state index in [1.54, 1.807) is 12.1 Å². The maximum atomic E-state index is 10.9. The highest BCUT2D eigenvalue weighted by atomic mass is 79.9. The molecule has 0 radical (unpaired) electrons. The Bertz CT molecular complexity index is 365. The van der Waals surface area contributed by atoms with Crippen molar-refractivity contribution >= 4 is 21.9 Å². The molecule has 5 heteroatoms. The van der Waals surface area contributed by atoms with Gasteiger partial charge in [0, 0.05) is 11.1 Å². The molecular formula is C11H13BrO4. The third-order valence-corrected chi connectivity index (χ3v) is 2.35. The van der Waals surface area contributed by atoms with Gasteiger partial charge in [-0.2, -0.15) is 0 Å². The molecule has 0 spiro atoms. The van der Waals surface area contributed by atoms with E-state index >= 15 is 0 Å². The second kappa shape index (κ2) is 6.50. The summed E-state index contributed by atoms with van der Waals surface area (Å²) < 4.78 is 11.1. The van der Waals surface area contributed by atoms with Gasteiger partial charge in [0.2, 0.25) is 0 Å². The highest BCUT2D eigenvalue weighted by Crippen LogP contribution is 2.23. The molecule has 1 rings (SSSR count). The van der Waals surface area contributed by atoms with Crippen LogP contribution in [0.5, 0.6) is 5.75 Å². The van der Waals surface area contributed by atoms with E-state index in [1.807, 2.05) is 6.92 Å². The van der Waals surface area contributed by atoms with Gasteiger partial charge in [0.15, 0.2) is 0 Å². The van der Waals surface area contributed by atoms with Gasteiger partial charge in [-0.3, -0.25) is 0 Å². The molecule has 0 saturated heterocycles. The highest BCUT2D eigenvalue weighted by molar-refractivity contribution is 9.10. The fourth-order valence-electron chi connectivity index (χ4n) is 1.15. The fourth-order valence-corrected chi connectivity index (χ4v) is 1.51. The van der Waals surface area contributed by atoms with Crippen LogP contribution in [0.3, 0.4) is 0 Å². The van der Waals surface area contributed by atoms with Crippen LogP contribution in [-0.4, -0.2) is 30.9 Å². The van der Waals surface area contributed by atoms with Crippen molar-refractivity contribution < 1.29 is 19.4 Å². The Morgan fingerprint density at radius 2 is 2.19 bits per heavy atom. The molecule has 0 aliphatic carbocycles. The lowest BCUT2D eigenvalue weighted by Gasteiger charge is -2.09. The number of rotatable bonds is 6. The third kappa shape index (κ3) is 3.83. The van der Waals surface area contributed by atoms with E-state index in [4.69, 9.17) is 14.6 Å². The Labute approximate surface area is 102 Å². The first kappa shape index (κ1) is 13.0. The minimum atomic E-state index is -1.01. The molecular weight excluding hydrogens is 276 g/mol. The molecule has 1 N–H and O–H groups in total. The van der Waals surface area contributed by atoms with Crippen LogP contribution < -0.4 is 4.74 Å². The summed E-state index contributed by atoms with van der Waals surface area (Å²) in [6.07, 6.45) is 0. The molecule has 0 heterocycles. The summed E-state index contributed by atoms with van der Waals surface area (Å²) in [7, 11) is 0. The molecule has 0 amide bonds. The normalized spacial score (nSPS) is 10.1. The number of hydrogen-bond acceptors (Lipinski definition) is 3. The van der Waals surface area contributed by atoms with Crippen molar-refractivity contribution in [2.45, 2.75) is 6.92 Å². The minimum Gasteiger partial charge on any atom is -0.490 e. The zero-order chi connectivity index (χ0) is 12.0. The molecule has 0 aliphatic rings. The van der Waals surface area contributed by atoms with E-state index in [0.717, 1.165) is 0 Å². The number of benzene rings is 1. The maximum absolute atomic E-state index is 10.9. The summed E-state index contributed by atoms with van der Waals surface area (Å²) in [6.45, 7) is 3.30. The van der Waals surface area contributed by atoms with Gasteiger partial charge in [0.25, 0.3) is 0 Å². The van der Waals surface area contributed by atoms with E-state index in [2.05, 4.69) is 15.9 Å². The van der Waals surface area contributed by atoms with Gasteiger partial charge in [-0.15, -0.1) is 0 Å². The van der Waals surface area contributed by atoms with Crippen LogP contribution >= 0.6 is 15.9 Å². The van der Waals surface area contributed by atoms with Crippen LogP contribution in [-0.2, 0) is 4.74 Å². The number of carboxylic acid groups (broad SMARTS) is 1. The van der Waals surface area contributed by atoms with Crippen LogP contribution in [0.2, 0.25) is 0 Å². The Kier molecular flexibility index (Phi) is 5.28. The van der Waals surface area contributed by atoms with Crippen molar-refractivity contribution in [1.82, 2.24) is 0 Å². The van der Waals surface area contributed by atoms with Crippen LogP contribution in [0.15, 0.2) is 22.7 Å². The number of halogens is 1. The fraction of sp³-hybridized carbons (Fsp3) is 0.364. The molecule has 0 aromatic heterocycles. The monoisotopic (exact) mass is 288 g/mol. The van der Waals surface area contributed by atoms with Crippen LogP contribution in [0.25, 0.3) is 0 Å². The molecule has 0 saturated carbocycles. The topological polar surface area (TPSA) is 55.8 Å². The smallest absolute Gasteiger partial charge is 0.339 e. The van der Waals surface area contributed by atoms with Crippen LogP contribution in [0.4, 0.5) is 0 Å². The van der Waals surface area contributed by atoms with Gasteiger partial charge in [0.1, 0.15) is 17.9 Å². The van der Waals surface area contributed by atoms with Gasteiger partial charge in [-0.1, -0.05) is 15.9 Å². The summed E-state index contributed by atoms with van der Waals surface area (Å²) in [6, 6.07) is 4.88. The van der Waals surface area contributed by atoms with Gasteiger partial charge in [-0.25, -0.2) is 4.79 Å². The Balaban J connectivity index is 2.67. The van der Waals surface area contributed by atoms with Crippen molar-refractivity contribution in [1.29, 1.82) is 0 Å². The molecule has 4 nitrogen and oxygen atoms in total. The average Bonchev–Trinajstić information content (AvgIpc) is 2.26. The van der Waals surface area contributed by atoms with Crippen molar-refractivity contribution in [2.24, 2.45) is 0 Å². The van der Waals surface area contributed by atoms with Crippen LogP contribution in [0, 0.1) is 0 Å². The Morgan fingerprint density at radius 1 is 1.44 bits per heavy atom. The van der Waals surface area contributed by atoms with Crippen molar-refractivity contribution in [2.75, 3.05) is 19.8 Å². The lowest BCUT2D eigenvalue weighted by atomic mass is 10.2. The molecule has 0 atom stereocenters.